The molecule has 10 aromatic rings. The van der Waals surface area contributed by atoms with Crippen molar-refractivity contribution < 1.29 is 29.9 Å². The molecule has 0 atom stereocenters. The minimum atomic E-state index is -1.00. The van der Waals surface area contributed by atoms with Crippen molar-refractivity contribution in [1.82, 2.24) is 0 Å². The van der Waals surface area contributed by atoms with E-state index in [1.807, 2.05) is 84.9 Å². The Balaban J connectivity index is 1.20. The van der Waals surface area contributed by atoms with Crippen LogP contribution in [-0.2, 0) is 0 Å². The van der Waals surface area contributed by atoms with Crippen LogP contribution in [0.15, 0.2) is 168 Å². The number of furan rings is 1. The van der Waals surface area contributed by atoms with Crippen molar-refractivity contribution in [1.29, 1.82) is 0 Å². The first-order valence-corrected chi connectivity index (χ1v) is 18.2. The number of rotatable bonds is 5. The van der Waals surface area contributed by atoms with Crippen LogP contribution in [0.3, 0.4) is 0 Å². The molecule has 0 aliphatic heterocycles. The minimum Gasteiger partial charge on any atom is -0.504 e. The van der Waals surface area contributed by atoms with E-state index in [1.54, 1.807) is 0 Å². The summed E-state index contributed by atoms with van der Waals surface area (Å²) in [5.41, 5.74) is 10.2. The van der Waals surface area contributed by atoms with Gasteiger partial charge in [-0.1, -0.05) is 146 Å². The predicted octanol–water partition coefficient (Wildman–Crippen LogP) is 12.8. The zero-order valence-corrected chi connectivity index (χ0v) is 29.7. The van der Waals surface area contributed by atoms with Gasteiger partial charge in [-0.3, -0.25) is 0 Å². The number of phenols is 5. The molecule has 268 valence electrons. The predicted molar refractivity (Wildman–Crippen MR) is 224 cm³/mol. The van der Waals surface area contributed by atoms with Crippen LogP contribution < -0.4 is 0 Å². The minimum absolute atomic E-state index is 0.193. The van der Waals surface area contributed by atoms with Gasteiger partial charge in [-0.15, -0.1) is 0 Å². The van der Waals surface area contributed by atoms with E-state index in [0.717, 1.165) is 71.7 Å². The molecule has 56 heavy (non-hydrogen) atoms. The van der Waals surface area contributed by atoms with E-state index in [-0.39, 0.29) is 5.56 Å². The lowest BCUT2D eigenvalue weighted by atomic mass is 9.84. The zero-order chi connectivity index (χ0) is 38.1. The van der Waals surface area contributed by atoms with Crippen molar-refractivity contribution in [2.45, 2.75) is 0 Å². The van der Waals surface area contributed by atoms with Crippen LogP contribution in [0, 0.1) is 0 Å². The lowest BCUT2D eigenvalue weighted by Gasteiger charge is -2.20. The van der Waals surface area contributed by atoms with E-state index in [0.29, 0.717) is 16.3 Å². The summed E-state index contributed by atoms with van der Waals surface area (Å²) in [5, 5.41) is 58.5. The van der Waals surface area contributed by atoms with Crippen LogP contribution >= 0.6 is 0 Å². The van der Waals surface area contributed by atoms with Crippen molar-refractivity contribution in [3.8, 4) is 84.4 Å². The van der Waals surface area contributed by atoms with Gasteiger partial charge in [-0.25, -0.2) is 0 Å². The molecule has 0 saturated carbocycles. The van der Waals surface area contributed by atoms with Gasteiger partial charge >= 0.3 is 0 Å². The fourth-order valence-electron chi connectivity index (χ4n) is 8.27. The maximum Gasteiger partial charge on any atom is 0.208 e. The number of aromatic hydroxyl groups is 5. The fraction of sp³-hybridized carbons (Fsp3) is 0. The number of benzene rings is 9. The quantitative estimate of drug-likeness (QED) is 0.0685. The number of hydrogen-bond donors (Lipinski definition) is 5. The molecule has 0 spiro atoms. The monoisotopic (exact) mass is 728 g/mol. The van der Waals surface area contributed by atoms with Gasteiger partial charge in [0.05, 0.1) is 5.56 Å². The van der Waals surface area contributed by atoms with Gasteiger partial charge in [0.1, 0.15) is 11.2 Å². The highest BCUT2D eigenvalue weighted by atomic mass is 16.4. The largest absolute Gasteiger partial charge is 0.504 e. The third-order valence-corrected chi connectivity index (χ3v) is 10.9. The molecular weight excluding hydrogens is 697 g/mol. The second-order valence-electron chi connectivity index (χ2n) is 13.9. The molecule has 0 unspecified atom stereocenters. The van der Waals surface area contributed by atoms with E-state index >= 15 is 0 Å². The van der Waals surface area contributed by atoms with Gasteiger partial charge in [-0.2, -0.15) is 0 Å². The normalized spacial score (nSPS) is 11.6. The highest BCUT2D eigenvalue weighted by molar-refractivity contribution is 6.26. The molecule has 9 aromatic carbocycles. The van der Waals surface area contributed by atoms with Crippen molar-refractivity contribution in [2.75, 3.05) is 0 Å². The van der Waals surface area contributed by atoms with Crippen LogP contribution in [0.4, 0.5) is 0 Å². The Kier molecular flexibility index (Phi) is 7.47. The molecule has 0 aliphatic carbocycles. The molecule has 1 aromatic heterocycles. The van der Waals surface area contributed by atoms with E-state index in [2.05, 4.69) is 78.9 Å². The Hall–Kier alpha value is -7.70. The van der Waals surface area contributed by atoms with Crippen molar-refractivity contribution in [3.05, 3.63) is 164 Å². The fourth-order valence-corrected chi connectivity index (χ4v) is 8.27. The van der Waals surface area contributed by atoms with Crippen LogP contribution in [0.2, 0.25) is 0 Å². The van der Waals surface area contributed by atoms with E-state index in [4.69, 9.17) is 4.42 Å². The number of fused-ring (bicyclic) bond motifs is 5. The first kappa shape index (κ1) is 32.9. The molecule has 0 fully saturated rings. The standard InChI is InChI=1S/C50H32O6/c51-46-45(47(52)49(54)50(55)48(46)53)44-36-17-8-6-15-34(36)42(35-16-7-9-18-37(35)44)38-19-10-20-41-43(38)39-27-31(25-26-40(39)56-41)33-14-5-4-13-32(33)30-23-21-29(22-24-30)28-11-2-1-3-12-28/h1-27,51-55H. The van der Waals surface area contributed by atoms with Crippen LogP contribution in [0.25, 0.3) is 99.1 Å². The lowest BCUT2D eigenvalue weighted by molar-refractivity contribution is 0.330. The van der Waals surface area contributed by atoms with Crippen LogP contribution in [-0.4, -0.2) is 25.5 Å². The van der Waals surface area contributed by atoms with Gasteiger partial charge in [0, 0.05) is 16.3 Å². The van der Waals surface area contributed by atoms with E-state index in [1.165, 1.54) is 5.56 Å². The highest BCUT2D eigenvalue weighted by Crippen LogP contribution is 2.58. The lowest BCUT2D eigenvalue weighted by Crippen LogP contribution is -1.92. The Bertz CT molecular complexity index is 3090. The summed E-state index contributed by atoms with van der Waals surface area (Å²) in [7, 11) is 0. The maximum absolute atomic E-state index is 11.2. The molecular formula is C50H32O6. The Morgan fingerprint density at radius 2 is 0.750 bits per heavy atom. The molecule has 0 radical (unpaired) electrons. The topological polar surface area (TPSA) is 114 Å². The van der Waals surface area contributed by atoms with Gasteiger partial charge in [-0.05, 0) is 84.3 Å². The molecule has 6 heteroatoms. The average molecular weight is 729 g/mol. The summed E-state index contributed by atoms with van der Waals surface area (Å²) in [6.07, 6.45) is 0. The average Bonchev–Trinajstić information content (AvgIpc) is 3.64. The Morgan fingerprint density at radius 3 is 1.38 bits per heavy atom. The number of phenolic OH excluding ortho intramolecular Hbond substituents is 5. The van der Waals surface area contributed by atoms with Crippen molar-refractivity contribution in [3.63, 3.8) is 0 Å². The molecule has 0 bridgehead atoms. The number of hydrogen-bond acceptors (Lipinski definition) is 6. The van der Waals surface area contributed by atoms with Crippen LogP contribution in [0.1, 0.15) is 0 Å². The highest BCUT2D eigenvalue weighted by Gasteiger charge is 2.28. The van der Waals surface area contributed by atoms with Gasteiger partial charge in [0.2, 0.25) is 17.2 Å². The summed E-state index contributed by atoms with van der Waals surface area (Å²) in [6, 6.07) is 55.0. The van der Waals surface area contributed by atoms with Crippen molar-refractivity contribution in [2.24, 2.45) is 0 Å². The van der Waals surface area contributed by atoms with Gasteiger partial charge in [0.15, 0.2) is 11.5 Å². The molecule has 0 amide bonds. The van der Waals surface area contributed by atoms with Gasteiger partial charge < -0.3 is 29.9 Å². The molecule has 0 aliphatic rings. The SMILES string of the molecule is Oc1c(O)c(O)c(-c2c3ccccc3c(-c3cccc4oc5ccc(-c6ccccc6-c6ccc(-c7ccccc7)cc6)cc5c34)c3ccccc23)c(O)c1O. The summed E-state index contributed by atoms with van der Waals surface area (Å²) in [6.45, 7) is 0. The maximum atomic E-state index is 11.2. The molecule has 6 nitrogen and oxygen atoms in total. The Labute approximate surface area is 320 Å². The third kappa shape index (κ3) is 4.97. The zero-order valence-electron chi connectivity index (χ0n) is 29.7. The summed E-state index contributed by atoms with van der Waals surface area (Å²) in [5.74, 6) is -4.35. The third-order valence-electron chi connectivity index (χ3n) is 10.9. The Morgan fingerprint density at radius 1 is 0.286 bits per heavy atom. The smallest absolute Gasteiger partial charge is 0.208 e. The first-order valence-electron chi connectivity index (χ1n) is 18.2. The molecule has 10 rings (SSSR count). The summed E-state index contributed by atoms with van der Waals surface area (Å²) < 4.78 is 6.52. The second kappa shape index (κ2) is 12.7. The summed E-state index contributed by atoms with van der Waals surface area (Å²) >= 11 is 0. The molecule has 1 heterocycles. The van der Waals surface area contributed by atoms with Crippen LogP contribution in [0.5, 0.6) is 28.7 Å². The first-order chi connectivity index (χ1) is 27.4. The summed E-state index contributed by atoms with van der Waals surface area (Å²) in [4.78, 5) is 0. The second-order valence-corrected chi connectivity index (χ2v) is 13.9. The molecule has 5 N–H and O–H groups in total. The molecule has 0 saturated heterocycles. The van der Waals surface area contributed by atoms with E-state index < -0.39 is 28.7 Å². The van der Waals surface area contributed by atoms with E-state index in [9.17, 15) is 25.5 Å². The van der Waals surface area contributed by atoms with Crippen molar-refractivity contribution >= 4 is 43.5 Å². The van der Waals surface area contributed by atoms with Gasteiger partial charge in [0.25, 0.3) is 0 Å².